The van der Waals surface area contributed by atoms with Gasteiger partial charge in [-0.2, -0.15) is 0 Å². The van der Waals surface area contributed by atoms with Gasteiger partial charge in [-0.3, -0.25) is 0 Å². The van der Waals surface area contributed by atoms with E-state index in [0.29, 0.717) is 18.5 Å². The number of hydrogen-bond acceptors (Lipinski definition) is 5. The molecule has 1 aromatic rings. The van der Waals surface area contributed by atoms with Crippen LogP contribution in [-0.2, 0) is 11.3 Å². The Kier molecular flexibility index (Phi) is 6.05. The second-order valence-corrected chi connectivity index (χ2v) is 5.17. The fourth-order valence-electron chi connectivity index (χ4n) is 2.12. The van der Waals surface area contributed by atoms with Crippen LogP contribution < -0.4 is 5.32 Å². The van der Waals surface area contributed by atoms with E-state index in [1.165, 1.54) is 13.4 Å². The maximum absolute atomic E-state index is 11.5. The van der Waals surface area contributed by atoms with Gasteiger partial charge in [-0.15, -0.1) is 0 Å². The number of carbonyl (C=O) groups excluding carboxylic acids is 1. The molecule has 1 aromatic heterocycles. The van der Waals surface area contributed by atoms with E-state index in [2.05, 4.69) is 42.9 Å². The van der Waals surface area contributed by atoms with Crippen LogP contribution in [0.15, 0.2) is 16.7 Å². The van der Waals surface area contributed by atoms with Crippen molar-refractivity contribution in [2.24, 2.45) is 5.92 Å². The standard InChI is InChI=1S/C14H24N2O3/c1-10(2)12(16(3)4)9-15-8-11-6-7-19-13(11)14(17)18-5/h6-7,10,12,15H,8-9H2,1-5H3. The van der Waals surface area contributed by atoms with Gasteiger partial charge >= 0.3 is 5.97 Å². The molecule has 0 spiro atoms. The lowest BCUT2D eigenvalue weighted by molar-refractivity contribution is 0.0563. The molecule has 1 heterocycles. The van der Waals surface area contributed by atoms with Crippen molar-refractivity contribution < 1.29 is 13.9 Å². The van der Waals surface area contributed by atoms with E-state index in [1.807, 2.05) is 0 Å². The van der Waals surface area contributed by atoms with Gasteiger partial charge in [-0.1, -0.05) is 13.8 Å². The molecule has 0 aliphatic rings. The number of ether oxygens (including phenoxy) is 1. The van der Waals surface area contributed by atoms with Crippen molar-refractivity contribution in [3.05, 3.63) is 23.7 Å². The van der Waals surface area contributed by atoms with Gasteiger partial charge in [0, 0.05) is 24.7 Å². The smallest absolute Gasteiger partial charge is 0.374 e. The van der Waals surface area contributed by atoms with Crippen molar-refractivity contribution in [1.29, 1.82) is 0 Å². The third-order valence-corrected chi connectivity index (χ3v) is 3.22. The molecule has 0 radical (unpaired) electrons. The van der Waals surface area contributed by atoms with Crippen LogP contribution in [-0.4, -0.2) is 44.7 Å². The predicted molar refractivity (Wildman–Crippen MR) is 74.1 cm³/mol. The van der Waals surface area contributed by atoms with E-state index in [0.717, 1.165) is 12.1 Å². The maximum Gasteiger partial charge on any atom is 0.374 e. The molecule has 0 aromatic carbocycles. The monoisotopic (exact) mass is 268 g/mol. The number of methoxy groups -OCH3 is 1. The first-order valence-electron chi connectivity index (χ1n) is 6.49. The SMILES string of the molecule is COC(=O)c1occc1CNCC(C(C)C)N(C)C. The summed E-state index contributed by atoms with van der Waals surface area (Å²) in [5, 5.41) is 3.36. The second kappa shape index (κ2) is 7.31. The number of rotatable bonds is 7. The molecule has 108 valence electrons. The zero-order chi connectivity index (χ0) is 14.4. The van der Waals surface area contributed by atoms with E-state index in [1.54, 1.807) is 6.07 Å². The number of likely N-dealkylation sites (N-methyl/N-ethyl adjacent to an activating group) is 1. The van der Waals surface area contributed by atoms with Crippen LogP contribution in [0.2, 0.25) is 0 Å². The molecular formula is C14H24N2O3. The Hall–Kier alpha value is -1.33. The van der Waals surface area contributed by atoms with Gasteiger partial charge in [0.1, 0.15) is 0 Å². The third kappa shape index (κ3) is 4.36. The number of esters is 1. The lowest BCUT2D eigenvalue weighted by atomic mass is 10.0. The van der Waals surface area contributed by atoms with Gasteiger partial charge in [-0.25, -0.2) is 4.79 Å². The quantitative estimate of drug-likeness (QED) is 0.763. The Labute approximate surface area is 114 Å². The first-order valence-corrected chi connectivity index (χ1v) is 6.49. The highest BCUT2D eigenvalue weighted by atomic mass is 16.5. The summed E-state index contributed by atoms with van der Waals surface area (Å²) in [6, 6.07) is 2.24. The summed E-state index contributed by atoms with van der Waals surface area (Å²) in [4.78, 5) is 13.7. The lowest BCUT2D eigenvalue weighted by Gasteiger charge is -2.28. The Morgan fingerprint density at radius 3 is 2.68 bits per heavy atom. The molecule has 0 bridgehead atoms. The third-order valence-electron chi connectivity index (χ3n) is 3.22. The Bertz CT molecular complexity index is 391. The van der Waals surface area contributed by atoms with E-state index in [-0.39, 0.29) is 5.76 Å². The molecule has 0 aliphatic carbocycles. The molecule has 0 saturated heterocycles. The molecule has 5 nitrogen and oxygen atoms in total. The molecule has 1 atom stereocenters. The minimum Gasteiger partial charge on any atom is -0.463 e. The molecule has 1 N–H and O–H groups in total. The molecule has 0 aliphatic heterocycles. The Balaban J connectivity index is 2.53. The predicted octanol–water partition coefficient (Wildman–Crippen LogP) is 1.74. The normalized spacial score (nSPS) is 13.0. The summed E-state index contributed by atoms with van der Waals surface area (Å²) in [5.41, 5.74) is 0.827. The molecule has 0 fully saturated rings. The molecular weight excluding hydrogens is 244 g/mol. The second-order valence-electron chi connectivity index (χ2n) is 5.17. The summed E-state index contributed by atoms with van der Waals surface area (Å²) >= 11 is 0. The first kappa shape index (κ1) is 15.7. The highest BCUT2D eigenvalue weighted by Gasteiger charge is 2.18. The minimum atomic E-state index is -0.435. The number of nitrogens with one attached hydrogen (secondary N) is 1. The van der Waals surface area contributed by atoms with Crippen molar-refractivity contribution in [3.63, 3.8) is 0 Å². The first-order chi connectivity index (χ1) is 8.97. The Morgan fingerprint density at radius 1 is 1.47 bits per heavy atom. The van der Waals surface area contributed by atoms with Crippen LogP contribution in [0, 0.1) is 5.92 Å². The lowest BCUT2D eigenvalue weighted by Crippen LogP contribution is -2.41. The number of hydrogen-bond donors (Lipinski definition) is 1. The number of carbonyl (C=O) groups is 1. The summed E-state index contributed by atoms with van der Waals surface area (Å²) in [7, 11) is 5.50. The molecule has 5 heteroatoms. The highest BCUT2D eigenvalue weighted by molar-refractivity contribution is 5.87. The highest BCUT2D eigenvalue weighted by Crippen LogP contribution is 2.12. The van der Waals surface area contributed by atoms with E-state index in [9.17, 15) is 4.79 Å². The fraction of sp³-hybridized carbons (Fsp3) is 0.643. The molecule has 0 saturated carbocycles. The molecule has 0 amide bonds. The van der Waals surface area contributed by atoms with Crippen LogP contribution >= 0.6 is 0 Å². The van der Waals surface area contributed by atoms with Gasteiger partial charge in [0.2, 0.25) is 5.76 Å². The fourth-order valence-corrected chi connectivity index (χ4v) is 2.12. The van der Waals surface area contributed by atoms with Crippen LogP contribution in [0.1, 0.15) is 30.0 Å². The summed E-state index contributed by atoms with van der Waals surface area (Å²) in [6.07, 6.45) is 1.51. The van der Waals surface area contributed by atoms with Gasteiger partial charge < -0.3 is 19.4 Å². The molecule has 1 unspecified atom stereocenters. The molecule has 19 heavy (non-hydrogen) atoms. The van der Waals surface area contributed by atoms with E-state index in [4.69, 9.17) is 4.42 Å². The van der Waals surface area contributed by atoms with Crippen LogP contribution in [0.4, 0.5) is 0 Å². The number of nitrogens with zero attached hydrogens (tertiary/aromatic N) is 1. The summed E-state index contributed by atoms with van der Waals surface area (Å²) < 4.78 is 9.82. The van der Waals surface area contributed by atoms with Crippen molar-refractivity contribution in [2.75, 3.05) is 27.7 Å². The van der Waals surface area contributed by atoms with Crippen molar-refractivity contribution >= 4 is 5.97 Å². The Morgan fingerprint density at radius 2 is 2.16 bits per heavy atom. The zero-order valence-corrected chi connectivity index (χ0v) is 12.4. The summed E-state index contributed by atoms with van der Waals surface area (Å²) in [6.45, 7) is 5.85. The summed E-state index contributed by atoms with van der Waals surface area (Å²) in [5.74, 6) is 0.405. The zero-order valence-electron chi connectivity index (χ0n) is 12.4. The average molecular weight is 268 g/mol. The van der Waals surface area contributed by atoms with Crippen LogP contribution in [0.3, 0.4) is 0 Å². The van der Waals surface area contributed by atoms with Crippen LogP contribution in [0.25, 0.3) is 0 Å². The van der Waals surface area contributed by atoms with E-state index < -0.39 is 5.97 Å². The van der Waals surface area contributed by atoms with Crippen molar-refractivity contribution in [3.8, 4) is 0 Å². The maximum atomic E-state index is 11.5. The van der Waals surface area contributed by atoms with Crippen molar-refractivity contribution in [2.45, 2.75) is 26.4 Å². The van der Waals surface area contributed by atoms with Crippen molar-refractivity contribution in [1.82, 2.24) is 10.2 Å². The van der Waals surface area contributed by atoms with E-state index >= 15 is 0 Å². The van der Waals surface area contributed by atoms with Gasteiger partial charge in [-0.05, 0) is 26.1 Å². The molecule has 1 rings (SSSR count). The minimum absolute atomic E-state index is 0.279. The average Bonchev–Trinajstić information content (AvgIpc) is 2.80. The van der Waals surface area contributed by atoms with Crippen LogP contribution in [0.5, 0.6) is 0 Å². The number of furan rings is 1. The van der Waals surface area contributed by atoms with Gasteiger partial charge in [0.25, 0.3) is 0 Å². The topological polar surface area (TPSA) is 54.7 Å². The van der Waals surface area contributed by atoms with Gasteiger partial charge in [0.05, 0.1) is 13.4 Å². The largest absolute Gasteiger partial charge is 0.463 e. The van der Waals surface area contributed by atoms with Gasteiger partial charge in [0.15, 0.2) is 0 Å².